The van der Waals surface area contributed by atoms with Gasteiger partial charge in [0.2, 0.25) is 10.0 Å². The van der Waals surface area contributed by atoms with E-state index in [0.717, 1.165) is 12.8 Å². The summed E-state index contributed by atoms with van der Waals surface area (Å²) in [5, 5.41) is 9.45. The van der Waals surface area contributed by atoms with Crippen LogP contribution < -0.4 is 4.72 Å². The first-order chi connectivity index (χ1) is 8.53. The summed E-state index contributed by atoms with van der Waals surface area (Å²) in [4.78, 5) is 0.148. The number of hydrogen-bond donors (Lipinski definition) is 2. The van der Waals surface area contributed by atoms with Crippen LogP contribution in [0, 0.1) is 5.92 Å². The van der Waals surface area contributed by atoms with Crippen molar-refractivity contribution in [2.75, 3.05) is 6.54 Å². The Balaban J connectivity index is 2.12. The topological polar surface area (TPSA) is 66.4 Å². The molecule has 1 aromatic rings. The molecule has 0 heterocycles. The number of aliphatic hydroxyl groups excluding tert-OH is 1. The normalized spacial score (nSPS) is 16.6. The second-order valence-electron chi connectivity index (χ2n) is 4.56. The Hall–Kier alpha value is -0.620. The van der Waals surface area contributed by atoms with Crippen molar-refractivity contribution in [2.24, 2.45) is 5.92 Å². The highest BCUT2D eigenvalue weighted by Crippen LogP contribution is 2.26. The zero-order valence-electron chi connectivity index (χ0n) is 9.89. The zero-order chi connectivity index (χ0) is 13.2. The first kappa shape index (κ1) is 13.8. The SMILES string of the molecule is O=S(=O)(NCC1CCC1)c1ccc(Cl)c(CO)c1. The maximum Gasteiger partial charge on any atom is 0.240 e. The van der Waals surface area contributed by atoms with Crippen LogP contribution in [0.2, 0.25) is 5.02 Å². The van der Waals surface area contributed by atoms with E-state index >= 15 is 0 Å². The molecule has 2 rings (SSSR count). The third kappa shape index (κ3) is 3.03. The van der Waals surface area contributed by atoms with Crippen LogP contribution in [-0.2, 0) is 16.6 Å². The minimum absolute atomic E-state index is 0.148. The lowest BCUT2D eigenvalue weighted by molar-refractivity contribution is 0.281. The second-order valence-corrected chi connectivity index (χ2v) is 6.73. The first-order valence-corrected chi connectivity index (χ1v) is 7.78. The molecule has 6 heteroatoms. The summed E-state index contributed by atoms with van der Waals surface area (Å²) >= 11 is 5.83. The van der Waals surface area contributed by atoms with E-state index in [1.54, 1.807) is 0 Å². The zero-order valence-corrected chi connectivity index (χ0v) is 11.5. The Morgan fingerprint density at radius 3 is 2.67 bits per heavy atom. The maximum atomic E-state index is 12.0. The Morgan fingerprint density at radius 2 is 2.11 bits per heavy atom. The van der Waals surface area contributed by atoms with E-state index in [1.165, 1.54) is 24.6 Å². The van der Waals surface area contributed by atoms with Gasteiger partial charge in [-0.3, -0.25) is 0 Å². The van der Waals surface area contributed by atoms with Crippen LogP contribution in [0.3, 0.4) is 0 Å². The van der Waals surface area contributed by atoms with Crippen molar-refractivity contribution in [2.45, 2.75) is 30.8 Å². The molecule has 0 spiro atoms. The van der Waals surface area contributed by atoms with Crippen LogP contribution in [0.1, 0.15) is 24.8 Å². The summed E-state index contributed by atoms with van der Waals surface area (Å²) in [7, 11) is -3.50. The van der Waals surface area contributed by atoms with Gasteiger partial charge in [0.1, 0.15) is 0 Å². The van der Waals surface area contributed by atoms with Gasteiger partial charge in [-0.15, -0.1) is 0 Å². The lowest BCUT2D eigenvalue weighted by Gasteiger charge is -2.25. The molecule has 0 amide bonds. The molecule has 0 radical (unpaired) electrons. The van der Waals surface area contributed by atoms with Crippen LogP contribution in [0.5, 0.6) is 0 Å². The Bertz CT molecular complexity index is 526. The average Bonchev–Trinajstić information content (AvgIpc) is 2.27. The van der Waals surface area contributed by atoms with Gasteiger partial charge in [-0.05, 0) is 42.5 Å². The van der Waals surface area contributed by atoms with E-state index in [4.69, 9.17) is 16.7 Å². The second kappa shape index (κ2) is 5.57. The molecule has 1 fully saturated rings. The largest absolute Gasteiger partial charge is 0.392 e. The van der Waals surface area contributed by atoms with Gasteiger partial charge in [-0.25, -0.2) is 13.1 Å². The van der Waals surface area contributed by atoms with Gasteiger partial charge >= 0.3 is 0 Å². The molecule has 1 aliphatic rings. The summed E-state index contributed by atoms with van der Waals surface area (Å²) in [5.41, 5.74) is 0.420. The first-order valence-electron chi connectivity index (χ1n) is 5.92. The Labute approximate surface area is 112 Å². The summed E-state index contributed by atoms with van der Waals surface area (Å²) in [6, 6.07) is 4.35. The molecule has 1 aromatic carbocycles. The number of sulfonamides is 1. The molecule has 1 saturated carbocycles. The van der Waals surface area contributed by atoms with E-state index in [1.807, 2.05) is 0 Å². The van der Waals surface area contributed by atoms with Crippen molar-refractivity contribution >= 4 is 21.6 Å². The van der Waals surface area contributed by atoms with Gasteiger partial charge in [-0.2, -0.15) is 0 Å². The summed E-state index contributed by atoms with van der Waals surface area (Å²) in [6.45, 7) is 0.213. The predicted octanol–water partition coefficient (Wildman–Crippen LogP) is 1.91. The highest BCUT2D eigenvalue weighted by atomic mass is 35.5. The molecule has 0 atom stereocenters. The van der Waals surface area contributed by atoms with Crippen LogP contribution in [0.15, 0.2) is 23.1 Å². The molecule has 4 nitrogen and oxygen atoms in total. The van der Waals surface area contributed by atoms with E-state index in [2.05, 4.69) is 4.72 Å². The molecule has 100 valence electrons. The number of aliphatic hydroxyl groups is 1. The van der Waals surface area contributed by atoms with Gasteiger partial charge in [0, 0.05) is 11.6 Å². The lowest BCUT2D eigenvalue weighted by Crippen LogP contribution is -2.32. The van der Waals surface area contributed by atoms with Gasteiger partial charge in [-0.1, -0.05) is 18.0 Å². The summed E-state index contributed by atoms with van der Waals surface area (Å²) in [5.74, 6) is 0.462. The molecule has 0 aromatic heterocycles. The number of benzene rings is 1. The van der Waals surface area contributed by atoms with Crippen molar-refractivity contribution in [1.82, 2.24) is 4.72 Å². The molecule has 0 aliphatic heterocycles. The highest BCUT2D eigenvalue weighted by molar-refractivity contribution is 7.89. The summed E-state index contributed by atoms with van der Waals surface area (Å²) in [6.07, 6.45) is 3.36. The van der Waals surface area contributed by atoms with Crippen LogP contribution >= 0.6 is 11.6 Å². The van der Waals surface area contributed by atoms with Gasteiger partial charge in [0.15, 0.2) is 0 Å². The van der Waals surface area contributed by atoms with E-state index in [0.29, 0.717) is 23.0 Å². The molecule has 2 N–H and O–H groups in total. The standard InChI is InChI=1S/C12H16ClNO3S/c13-12-5-4-11(6-10(12)8-15)18(16,17)14-7-9-2-1-3-9/h4-6,9,14-15H,1-3,7-8H2. The van der Waals surface area contributed by atoms with E-state index < -0.39 is 10.0 Å². The Morgan fingerprint density at radius 1 is 1.39 bits per heavy atom. The fourth-order valence-corrected chi connectivity index (χ4v) is 3.19. The lowest BCUT2D eigenvalue weighted by atomic mass is 9.86. The van der Waals surface area contributed by atoms with Crippen molar-refractivity contribution < 1.29 is 13.5 Å². The molecular formula is C12H16ClNO3S. The highest BCUT2D eigenvalue weighted by Gasteiger charge is 2.21. The third-order valence-electron chi connectivity index (χ3n) is 3.28. The average molecular weight is 290 g/mol. The Kier molecular flexibility index (Phi) is 4.27. The monoisotopic (exact) mass is 289 g/mol. The minimum atomic E-state index is -3.50. The van der Waals surface area contributed by atoms with Gasteiger partial charge in [0.05, 0.1) is 11.5 Å². The van der Waals surface area contributed by atoms with Crippen molar-refractivity contribution in [3.05, 3.63) is 28.8 Å². The molecule has 0 bridgehead atoms. The van der Waals surface area contributed by atoms with Crippen molar-refractivity contribution in [3.8, 4) is 0 Å². The molecular weight excluding hydrogens is 274 g/mol. The minimum Gasteiger partial charge on any atom is -0.392 e. The summed E-state index contributed by atoms with van der Waals surface area (Å²) < 4.78 is 26.6. The van der Waals surface area contributed by atoms with Crippen molar-refractivity contribution in [1.29, 1.82) is 0 Å². The maximum absolute atomic E-state index is 12.0. The molecule has 18 heavy (non-hydrogen) atoms. The van der Waals surface area contributed by atoms with E-state index in [-0.39, 0.29) is 11.5 Å². The number of nitrogens with one attached hydrogen (secondary N) is 1. The number of rotatable bonds is 5. The van der Waals surface area contributed by atoms with Crippen molar-refractivity contribution in [3.63, 3.8) is 0 Å². The number of hydrogen-bond acceptors (Lipinski definition) is 3. The fraction of sp³-hybridized carbons (Fsp3) is 0.500. The van der Waals surface area contributed by atoms with Gasteiger partial charge in [0.25, 0.3) is 0 Å². The van der Waals surface area contributed by atoms with Crippen LogP contribution in [0.25, 0.3) is 0 Å². The van der Waals surface area contributed by atoms with Gasteiger partial charge < -0.3 is 5.11 Å². The fourth-order valence-electron chi connectivity index (χ4n) is 1.85. The number of halogens is 1. The smallest absolute Gasteiger partial charge is 0.240 e. The van der Waals surface area contributed by atoms with E-state index in [9.17, 15) is 8.42 Å². The third-order valence-corrected chi connectivity index (χ3v) is 5.07. The molecule has 0 saturated heterocycles. The molecule has 0 unspecified atom stereocenters. The molecule has 1 aliphatic carbocycles. The predicted molar refractivity (Wildman–Crippen MR) is 69.9 cm³/mol. The van der Waals surface area contributed by atoms with Crippen LogP contribution in [0.4, 0.5) is 0 Å². The van der Waals surface area contributed by atoms with Crippen LogP contribution in [-0.4, -0.2) is 20.1 Å². The quantitative estimate of drug-likeness (QED) is 0.870.